The Bertz CT molecular complexity index is 53.3. The van der Waals surface area contributed by atoms with Crippen molar-refractivity contribution in [1.29, 1.82) is 0 Å². The van der Waals surface area contributed by atoms with Gasteiger partial charge in [-0.15, -0.1) is 10.7 Å². The van der Waals surface area contributed by atoms with Crippen LogP contribution in [0.4, 0.5) is 0 Å². The molecule has 0 saturated carbocycles. The number of hydrogen-bond donors (Lipinski definition) is 0. The average Bonchev–Trinajstić information content (AvgIpc) is 1.70. The summed E-state index contributed by atoms with van der Waals surface area (Å²) in [6, 6.07) is 0. The molecule has 0 fully saturated rings. The Morgan fingerprint density at radius 2 is 1.33 bits per heavy atom. The van der Waals surface area contributed by atoms with E-state index in [1.54, 1.807) is 4.94 Å². The molecule has 0 aromatic carbocycles. The van der Waals surface area contributed by atoms with Crippen LogP contribution >= 0.6 is 0 Å². The SMILES string of the molecule is C=[CH][Al+2].O=N[O-].O=N[O-]. The summed E-state index contributed by atoms with van der Waals surface area (Å²) < 4.78 is 0. The maximum atomic E-state index is 8.00. The van der Waals surface area contributed by atoms with E-state index in [1.165, 1.54) is 0 Å². The summed E-state index contributed by atoms with van der Waals surface area (Å²) in [5.74, 6) is 0. The van der Waals surface area contributed by atoms with Crippen LogP contribution in [0.5, 0.6) is 0 Å². The Morgan fingerprint density at radius 3 is 1.33 bits per heavy atom. The summed E-state index contributed by atoms with van der Waals surface area (Å²) in [5, 5.41) is 18.0. The topological polar surface area (TPSA) is 105 Å². The second-order valence-electron chi connectivity index (χ2n) is 0.385. The molecule has 0 spiro atoms. The van der Waals surface area contributed by atoms with E-state index in [0.717, 1.165) is 10.7 Å². The summed E-state index contributed by atoms with van der Waals surface area (Å²) in [7, 11) is 0. The number of hydrogen-bond acceptors (Lipinski definition) is 6. The molecule has 0 rings (SSSR count). The van der Waals surface area contributed by atoms with E-state index >= 15 is 0 Å². The van der Waals surface area contributed by atoms with E-state index in [0.29, 0.717) is 0 Å². The third-order valence-electron chi connectivity index (χ3n) is 0. The molecule has 48 valence electrons. The molecule has 0 unspecified atom stereocenters. The van der Waals surface area contributed by atoms with Crippen LogP contribution in [-0.4, -0.2) is 16.3 Å². The van der Waals surface area contributed by atoms with Crippen LogP contribution in [0.25, 0.3) is 0 Å². The largest absolute Gasteiger partial charge is 0.444 e. The van der Waals surface area contributed by atoms with Gasteiger partial charge in [0.15, 0.2) is 0 Å². The van der Waals surface area contributed by atoms with Crippen LogP contribution in [0.3, 0.4) is 0 Å². The fourth-order valence-electron chi connectivity index (χ4n) is 0. The maximum Gasteiger partial charge on any atom is -0.112 e. The van der Waals surface area contributed by atoms with E-state index in [1.807, 2.05) is 0 Å². The molecule has 0 aliphatic heterocycles. The van der Waals surface area contributed by atoms with Gasteiger partial charge in [0.25, 0.3) is 0 Å². The van der Waals surface area contributed by atoms with E-state index in [9.17, 15) is 0 Å². The molecule has 0 atom stereocenters. The van der Waals surface area contributed by atoms with Gasteiger partial charge in [0, 0.05) is 0 Å². The van der Waals surface area contributed by atoms with Gasteiger partial charge in [0.05, 0.1) is 0 Å². The van der Waals surface area contributed by atoms with Crippen molar-refractivity contribution in [2.24, 2.45) is 10.7 Å². The molecule has 0 bridgehead atoms. The van der Waals surface area contributed by atoms with Gasteiger partial charge in [-0.25, -0.2) is 0 Å². The molecular weight excluding hydrogens is 143 g/mol. The minimum atomic E-state index is 1.00. The number of rotatable bonds is 0. The minimum absolute atomic E-state index is 1.00. The summed E-state index contributed by atoms with van der Waals surface area (Å²) in [5.41, 5.74) is 0. The predicted molar refractivity (Wildman–Crippen MR) is 34.3 cm³/mol. The van der Waals surface area contributed by atoms with Gasteiger partial charge in [0.2, 0.25) is 0 Å². The Balaban J connectivity index is -0.0000000600. The molecule has 0 saturated heterocycles. The monoisotopic (exact) mass is 146 g/mol. The summed E-state index contributed by atoms with van der Waals surface area (Å²) in [6.07, 6.45) is 0. The average molecular weight is 146 g/mol. The van der Waals surface area contributed by atoms with Crippen molar-refractivity contribution >= 4 is 16.3 Å². The molecule has 9 heavy (non-hydrogen) atoms. The third-order valence-corrected chi connectivity index (χ3v) is 0. The van der Waals surface area contributed by atoms with Gasteiger partial charge in [-0.2, -0.15) is 0 Å². The Morgan fingerprint density at radius 1 is 1.33 bits per heavy atom. The van der Waals surface area contributed by atoms with E-state index < -0.39 is 0 Å². The van der Waals surface area contributed by atoms with Gasteiger partial charge in [-0.1, -0.05) is 0 Å². The zero-order chi connectivity index (χ0) is 8.12. The molecule has 0 N–H and O–H groups in total. The molecule has 0 amide bonds. The normalized spacial score (nSPS) is 4.22. The van der Waals surface area contributed by atoms with Crippen molar-refractivity contribution in [2.45, 2.75) is 0 Å². The molecule has 0 aliphatic carbocycles. The second kappa shape index (κ2) is 60.7. The zero-order valence-electron chi connectivity index (χ0n) is 4.39. The van der Waals surface area contributed by atoms with Crippen molar-refractivity contribution in [3.8, 4) is 0 Å². The maximum absolute atomic E-state index is 8.00. The van der Waals surface area contributed by atoms with Crippen LogP contribution in [-0.2, 0) is 0 Å². The molecule has 7 heteroatoms. The van der Waals surface area contributed by atoms with Gasteiger partial charge in [-0.3, -0.25) is 0 Å². The molecular formula is C2H3AlN2O4. The molecule has 0 aromatic heterocycles. The van der Waals surface area contributed by atoms with Crippen molar-refractivity contribution < 1.29 is 0 Å². The van der Waals surface area contributed by atoms with Crippen molar-refractivity contribution in [2.75, 3.05) is 0 Å². The van der Waals surface area contributed by atoms with Crippen LogP contribution in [0.1, 0.15) is 0 Å². The molecule has 0 heterocycles. The van der Waals surface area contributed by atoms with E-state index in [4.69, 9.17) is 20.2 Å². The van der Waals surface area contributed by atoms with Gasteiger partial charge >= 0.3 is 27.8 Å². The Hall–Kier alpha value is -0.928. The van der Waals surface area contributed by atoms with E-state index in [-0.39, 0.29) is 0 Å². The first kappa shape index (κ1) is 15.7. The summed E-state index contributed by atoms with van der Waals surface area (Å²) in [4.78, 5) is 17.7. The first-order valence-electron chi connectivity index (χ1n) is 1.47. The van der Waals surface area contributed by atoms with Gasteiger partial charge in [-0.05, 0) is 0 Å². The first-order chi connectivity index (χ1) is 4.24. The smallest absolute Gasteiger partial charge is 0.112 e. The molecule has 0 radical (unpaired) electrons. The molecule has 6 nitrogen and oxygen atoms in total. The summed E-state index contributed by atoms with van der Waals surface area (Å²) in [6.45, 7) is 3.32. The molecule has 0 aromatic rings. The minimum Gasteiger partial charge on any atom is -0.444 e. The third kappa shape index (κ3) is 212. The van der Waals surface area contributed by atoms with Crippen LogP contribution < -0.4 is 0 Å². The van der Waals surface area contributed by atoms with Crippen molar-refractivity contribution in [3.63, 3.8) is 0 Å². The van der Waals surface area contributed by atoms with Gasteiger partial charge < -0.3 is 20.2 Å². The van der Waals surface area contributed by atoms with E-state index in [2.05, 4.69) is 22.9 Å². The Labute approximate surface area is 59.5 Å². The fourth-order valence-corrected chi connectivity index (χ4v) is 0. The van der Waals surface area contributed by atoms with Crippen molar-refractivity contribution in [3.05, 3.63) is 31.7 Å². The summed E-state index contributed by atoms with van der Waals surface area (Å²) >= 11 is 2.34. The predicted octanol–water partition coefficient (Wildman–Crippen LogP) is 0.800. The van der Waals surface area contributed by atoms with Gasteiger partial charge in [0.1, 0.15) is 0 Å². The standard InChI is InChI=1S/C2H3.Al.2HNO2/c1-2;;2*2-1-3/h1H,2H2;;2*(H,2,3)/q;+2;;/p-2. The van der Waals surface area contributed by atoms with Crippen LogP contribution in [0, 0.1) is 20.2 Å². The first-order valence-corrected chi connectivity index (χ1v) is 2.14. The molecule has 0 aliphatic rings. The quantitative estimate of drug-likeness (QED) is 0.286. The van der Waals surface area contributed by atoms with Crippen LogP contribution in [0.2, 0.25) is 0 Å². The number of nitrogens with zero attached hydrogens (tertiary/aromatic N) is 2. The van der Waals surface area contributed by atoms with Crippen molar-refractivity contribution in [1.82, 2.24) is 0 Å². The second-order valence-corrected chi connectivity index (χ2v) is 0.856. The zero-order valence-corrected chi connectivity index (χ0v) is 5.54. The Kier molecular flexibility index (Phi) is 106. The van der Waals surface area contributed by atoms with Crippen LogP contribution in [0.15, 0.2) is 22.2 Å². The fraction of sp³-hybridized carbons (Fsp3) is 0.